The Morgan fingerprint density at radius 1 is 1.28 bits per heavy atom. The molecule has 0 aliphatic carbocycles. The third-order valence-corrected chi connectivity index (χ3v) is 5.25. The zero-order chi connectivity index (χ0) is 18.1. The van der Waals surface area contributed by atoms with Crippen LogP contribution < -0.4 is 5.56 Å². The summed E-state index contributed by atoms with van der Waals surface area (Å²) in [5.41, 5.74) is 2.21. The van der Waals surface area contributed by atoms with E-state index in [0.717, 1.165) is 16.5 Å². The molecular formula is C19H20N2O3S. The maximum Gasteiger partial charge on any atom is 0.348 e. The molecule has 0 unspecified atom stereocenters. The number of nitrogens with zero attached hydrogens (tertiary/aromatic N) is 2. The van der Waals surface area contributed by atoms with Crippen molar-refractivity contribution in [2.24, 2.45) is 0 Å². The summed E-state index contributed by atoms with van der Waals surface area (Å²) >= 11 is 1.19. The van der Waals surface area contributed by atoms with E-state index in [9.17, 15) is 9.59 Å². The summed E-state index contributed by atoms with van der Waals surface area (Å²) in [6.07, 6.45) is 0. The van der Waals surface area contributed by atoms with Gasteiger partial charge in [0.15, 0.2) is 0 Å². The Balaban J connectivity index is 2.40. The topological polar surface area (TPSA) is 61.2 Å². The second-order valence-corrected chi connectivity index (χ2v) is 7.06. The van der Waals surface area contributed by atoms with E-state index < -0.39 is 5.97 Å². The highest BCUT2D eigenvalue weighted by Gasteiger charge is 2.24. The van der Waals surface area contributed by atoms with Crippen molar-refractivity contribution in [3.63, 3.8) is 0 Å². The number of ether oxygens (including phenoxy) is 1. The number of carbonyl (C=O) groups is 1. The number of hydrogen-bond donors (Lipinski definition) is 0. The van der Waals surface area contributed by atoms with Gasteiger partial charge in [0.1, 0.15) is 15.3 Å². The van der Waals surface area contributed by atoms with Gasteiger partial charge in [0.2, 0.25) is 0 Å². The first-order valence-electron chi connectivity index (χ1n) is 8.24. The van der Waals surface area contributed by atoms with Crippen LogP contribution in [0, 0.1) is 6.92 Å². The number of hydrogen-bond acceptors (Lipinski definition) is 5. The van der Waals surface area contributed by atoms with E-state index >= 15 is 0 Å². The largest absolute Gasteiger partial charge is 0.462 e. The molecule has 3 rings (SSSR count). The molecule has 0 amide bonds. The lowest BCUT2D eigenvalue weighted by Gasteiger charge is -2.12. The molecule has 2 heterocycles. The van der Waals surface area contributed by atoms with E-state index in [1.54, 1.807) is 6.92 Å². The number of carbonyl (C=O) groups excluding carboxylic acids is 1. The quantitative estimate of drug-likeness (QED) is 0.658. The lowest BCUT2D eigenvalue weighted by atomic mass is 10.1. The van der Waals surface area contributed by atoms with Gasteiger partial charge in [-0.3, -0.25) is 4.79 Å². The molecule has 5 nitrogen and oxygen atoms in total. The Kier molecular flexibility index (Phi) is 4.72. The van der Waals surface area contributed by atoms with Gasteiger partial charge in [0, 0.05) is 10.9 Å². The van der Waals surface area contributed by atoms with Crippen LogP contribution in [0.5, 0.6) is 0 Å². The van der Waals surface area contributed by atoms with Gasteiger partial charge in [-0.2, -0.15) is 5.10 Å². The number of aryl methyl sites for hydroxylation is 1. The summed E-state index contributed by atoms with van der Waals surface area (Å²) in [4.78, 5) is 25.6. The zero-order valence-electron chi connectivity index (χ0n) is 14.7. The normalized spacial score (nSPS) is 11.2. The first-order chi connectivity index (χ1) is 12.0. The molecule has 0 bridgehead atoms. The molecule has 0 fully saturated rings. The SMILES string of the molecule is CCOC(=O)c1sc2c(=O)n(C(C)C)nc(-c3ccccc3)c2c1C. The predicted molar refractivity (Wildman–Crippen MR) is 100 cm³/mol. The Hall–Kier alpha value is -2.47. The second kappa shape index (κ2) is 6.80. The molecule has 6 heteroatoms. The van der Waals surface area contributed by atoms with Crippen molar-refractivity contribution in [2.45, 2.75) is 33.7 Å². The van der Waals surface area contributed by atoms with E-state index in [1.165, 1.54) is 16.0 Å². The summed E-state index contributed by atoms with van der Waals surface area (Å²) in [5, 5.41) is 5.35. The minimum Gasteiger partial charge on any atom is -0.462 e. The Morgan fingerprint density at radius 2 is 1.96 bits per heavy atom. The van der Waals surface area contributed by atoms with Crippen molar-refractivity contribution in [2.75, 3.05) is 6.61 Å². The van der Waals surface area contributed by atoms with Crippen LogP contribution in [0.4, 0.5) is 0 Å². The molecule has 0 aliphatic heterocycles. The summed E-state index contributed by atoms with van der Waals surface area (Å²) in [7, 11) is 0. The fourth-order valence-corrected chi connectivity index (χ4v) is 3.93. The number of fused-ring (bicyclic) bond motifs is 1. The fourth-order valence-electron chi connectivity index (χ4n) is 2.80. The van der Waals surface area contributed by atoms with Gasteiger partial charge < -0.3 is 4.74 Å². The van der Waals surface area contributed by atoms with Crippen molar-refractivity contribution in [1.29, 1.82) is 0 Å². The molecule has 130 valence electrons. The highest BCUT2D eigenvalue weighted by Crippen LogP contribution is 2.35. The Labute approximate surface area is 149 Å². The summed E-state index contributed by atoms with van der Waals surface area (Å²) in [6.45, 7) is 7.75. The first-order valence-corrected chi connectivity index (χ1v) is 9.05. The van der Waals surface area contributed by atoms with Crippen molar-refractivity contribution >= 4 is 27.4 Å². The van der Waals surface area contributed by atoms with Crippen LogP contribution in [0.25, 0.3) is 21.3 Å². The smallest absolute Gasteiger partial charge is 0.348 e. The van der Waals surface area contributed by atoms with E-state index in [0.29, 0.717) is 21.9 Å². The predicted octanol–water partition coefficient (Wildman–Crippen LogP) is 4.19. The van der Waals surface area contributed by atoms with Crippen LogP contribution in [0.3, 0.4) is 0 Å². The Morgan fingerprint density at radius 3 is 2.56 bits per heavy atom. The van der Waals surface area contributed by atoms with Crippen LogP contribution in [0.15, 0.2) is 35.1 Å². The number of thiophene rings is 1. The average Bonchev–Trinajstić information content (AvgIpc) is 2.94. The van der Waals surface area contributed by atoms with Crippen LogP contribution in [0.2, 0.25) is 0 Å². The molecule has 2 aromatic heterocycles. The third-order valence-electron chi connectivity index (χ3n) is 3.99. The lowest BCUT2D eigenvalue weighted by Crippen LogP contribution is -2.24. The van der Waals surface area contributed by atoms with E-state index in [-0.39, 0.29) is 11.6 Å². The molecule has 0 saturated carbocycles. The molecule has 0 atom stereocenters. The first kappa shape index (κ1) is 17.4. The van der Waals surface area contributed by atoms with Crippen molar-refractivity contribution < 1.29 is 9.53 Å². The molecule has 25 heavy (non-hydrogen) atoms. The highest BCUT2D eigenvalue weighted by atomic mass is 32.1. The van der Waals surface area contributed by atoms with Crippen LogP contribution in [0.1, 0.15) is 42.0 Å². The minimum absolute atomic E-state index is 0.0761. The molecule has 0 spiro atoms. The molecule has 0 aliphatic rings. The maximum atomic E-state index is 12.9. The van der Waals surface area contributed by atoms with Gasteiger partial charge in [-0.1, -0.05) is 30.3 Å². The monoisotopic (exact) mass is 356 g/mol. The number of rotatable bonds is 4. The van der Waals surface area contributed by atoms with Gasteiger partial charge in [-0.05, 0) is 33.3 Å². The molecular weight excluding hydrogens is 336 g/mol. The van der Waals surface area contributed by atoms with E-state index in [4.69, 9.17) is 4.74 Å². The molecule has 0 radical (unpaired) electrons. The summed E-state index contributed by atoms with van der Waals surface area (Å²) in [6, 6.07) is 9.64. The molecule has 0 saturated heterocycles. The summed E-state index contributed by atoms with van der Waals surface area (Å²) < 4.78 is 7.17. The maximum absolute atomic E-state index is 12.9. The van der Waals surface area contributed by atoms with Crippen LogP contribution >= 0.6 is 11.3 Å². The second-order valence-electron chi connectivity index (χ2n) is 6.04. The van der Waals surface area contributed by atoms with Crippen molar-refractivity contribution in [3.05, 3.63) is 51.1 Å². The van der Waals surface area contributed by atoms with Crippen LogP contribution in [-0.2, 0) is 4.74 Å². The number of esters is 1. The number of aromatic nitrogens is 2. The Bertz CT molecular complexity index is 987. The van der Waals surface area contributed by atoms with Crippen LogP contribution in [-0.4, -0.2) is 22.4 Å². The molecule has 1 aromatic carbocycles. The van der Waals surface area contributed by atoms with Gasteiger partial charge in [-0.15, -0.1) is 11.3 Å². The summed E-state index contributed by atoms with van der Waals surface area (Å²) in [5.74, 6) is -0.393. The zero-order valence-corrected chi connectivity index (χ0v) is 15.5. The lowest BCUT2D eigenvalue weighted by molar-refractivity contribution is 0.0531. The van der Waals surface area contributed by atoms with E-state index in [2.05, 4.69) is 5.10 Å². The number of benzene rings is 1. The average molecular weight is 356 g/mol. The van der Waals surface area contributed by atoms with Gasteiger partial charge in [0.05, 0.1) is 12.6 Å². The van der Waals surface area contributed by atoms with Gasteiger partial charge in [0.25, 0.3) is 5.56 Å². The third kappa shape index (κ3) is 2.98. The fraction of sp³-hybridized carbons (Fsp3) is 0.316. The van der Waals surface area contributed by atoms with Crippen molar-refractivity contribution in [3.8, 4) is 11.3 Å². The van der Waals surface area contributed by atoms with Crippen molar-refractivity contribution in [1.82, 2.24) is 9.78 Å². The minimum atomic E-state index is -0.393. The van der Waals surface area contributed by atoms with Gasteiger partial charge >= 0.3 is 5.97 Å². The van der Waals surface area contributed by atoms with Gasteiger partial charge in [-0.25, -0.2) is 9.48 Å². The standard InChI is InChI=1S/C19H20N2O3S/c1-5-24-19(23)16-12(4)14-15(13-9-7-6-8-10-13)20-21(11(2)3)18(22)17(14)25-16/h6-11H,5H2,1-4H3. The highest BCUT2D eigenvalue weighted by molar-refractivity contribution is 7.21. The molecule has 0 N–H and O–H groups in total. The molecule has 3 aromatic rings. The van der Waals surface area contributed by atoms with E-state index in [1.807, 2.05) is 51.1 Å².